The number of halogens is 1. The second kappa shape index (κ2) is 7.50. The van der Waals surface area contributed by atoms with Crippen molar-refractivity contribution >= 4 is 32.7 Å². The first-order chi connectivity index (χ1) is 12.2. The number of hydrogen-bond acceptors (Lipinski definition) is 2. The van der Waals surface area contributed by atoms with Crippen LogP contribution in [0, 0.1) is 5.92 Å². The lowest BCUT2D eigenvalue weighted by Gasteiger charge is -2.44. The molecule has 1 aromatic heterocycles. The molecule has 5 heteroatoms. The molecule has 2 aliphatic rings. The van der Waals surface area contributed by atoms with Crippen molar-refractivity contribution < 1.29 is 4.79 Å². The highest BCUT2D eigenvalue weighted by Gasteiger charge is 2.32. The van der Waals surface area contributed by atoms with Crippen molar-refractivity contribution in [1.82, 2.24) is 14.8 Å². The van der Waals surface area contributed by atoms with Gasteiger partial charge in [0, 0.05) is 28.8 Å². The molecule has 0 spiro atoms. The number of hydrogen-bond donors (Lipinski definition) is 1. The quantitative estimate of drug-likeness (QED) is 0.842. The molecule has 2 aliphatic heterocycles. The minimum Gasteiger partial charge on any atom is -0.354 e. The third-order valence-electron chi connectivity index (χ3n) is 5.84. The summed E-state index contributed by atoms with van der Waals surface area (Å²) in [7, 11) is 0. The molecule has 0 bridgehead atoms. The molecule has 0 unspecified atom stereocenters. The van der Waals surface area contributed by atoms with Gasteiger partial charge < -0.3 is 14.8 Å². The van der Waals surface area contributed by atoms with Crippen molar-refractivity contribution in [2.45, 2.75) is 44.7 Å². The standard InChI is InChI=1S/C20H26BrN3O/c21-17-7-6-15-8-11-24(19(15)12-17)14-20(25)22-13-16-4-3-10-23-9-2-1-5-18(16)23/h6-8,11-12,16,18H,1-5,9-10,13-14H2,(H,22,25)/t16-,18+/m0/s1. The molecule has 2 saturated heterocycles. The summed E-state index contributed by atoms with van der Waals surface area (Å²) in [5.41, 5.74) is 1.10. The fourth-order valence-electron chi connectivity index (χ4n) is 4.57. The third-order valence-corrected chi connectivity index (χ3v) is 6.33. The van der Waals surface area contributed by atoms with Crippen LogP contribution < -0.4 is 5.32 Å². The van der Waals surface area contributed by atoms with E-state index < -0.39 is 0 Å². The fourth-order valence-corrected chi connectivity index (χ4v) is 4.91. The number of nitrogens with zero attached hydrogens (tertiary/aromatic N) is 2. The Morgan fingerprint density at radius 3 is 2.96 bits per heavy atom. The van der Waals surface area contributed by atoms with Crippen molar-refractivity contribution in [1.29, 1.82) is 0 Å². The number of amides is 1. The van der Waals surface area contributed by atoms with Crippen molar-refractivity contribution in [3.63, 3.8) is 0 Å². The maximum atomic E-state index is 12.5. The molecule has 25 heavy (non-hydrogen) atoms. The van der Waals surface area contributed by atoms with Gasteiger partial charge in [-0.1, -0.05) is 28.4 Å². The zero-order valence-corrected chi connectivity index (χ0v) is 16.2. The van der Waals surface area contributed by atoms with E-state index in [4.69, 9.17) is 0 Å². The number of benzene rings is 1. The predicted molar refractivity (Wildman–Crippen MR) is 105 cm³/mol. The average molecular weight is 404 g/mol. The van der Waals surface area contributed by atoms with Gasteiger partial charge in [0.1, 0.15) is 6.54 Å². The summed E-state index contributed by atoms with van der Waals surface area (Å²) >= 11 is 3.51. The molecule has 2 atom stereocenters. The molecule has 0 aliphatic carbocycles. The molecule has 1 amide bonds. The molecule has 134 valence electrons. The van der Waals surface area contributed by atoms with Gasteiger partial charge >= 0.3 is 0 Å². The fraction of sp³-hybridized carbons (Fsp3) is 0.550. The Hall–Kier alpha value is -1.33. The molecule has 2 aromatic rings. The second-order valence-corrected chi connectivity index (χ2v) is 8.37. The number of rotatable bonds is 4. The average Bonchev–Trinajstić information content (AvgIpc) is 3.02. The molecule has 1 N–H and O–H groups in total. The molecule has 2 fully saturated rings. The van der Waals surface area contributed by atoms with E-state index in [9.17, 15) is 4.79 Å². The highest BCUT2D eigenvalue weighted by atomic mass is 79.9. The summed E-state index contributed by atoms with van der Waals surface area (Å²) in [5.74, 6) is 0.735. The molecular formula is C20H26BrN3O. The van der Waals surface area contributed by atoms with Gasteiger partial charge in [-0.3, -0.25) is 4.79 Å². The van der Waals surface area contributed by atoms with Crippen LogP contribution in [0.4, 0.5) is 0 Å². The molecule has 4 rings (SSSR count). The topological polar surface area (TPSA) is 37.3 Å². The van der Waals surface area contributed by atoms with E-state index in [2.05, 4.69) is 44.3 Å². The van der Waals surface area contributed by atoms with Gasteiger partial charge in [0.05, 0.1) is 0 Å². The Bertz CT molecular complexity index is 754. The summed E-state index contributed by atoms with van der Waals surface area (Å²) in [6, 6.07) is 8.94. The Labute approximate surface area is 157 Å². The van der Waals surface area contributed by atoms with Crippen molar-refractivity contribution in [3.8, 4) is 0 Å². The Morgan fingerprint density at radius 2 is 2.04 bits per heavy atom. The van der Waals surface area contributed by atoms with E-state index in [0.29, 0.717) is 18.5 Å². The van der Waals surface area contributed by atoms with Crippen molar-refractivity contribution in [3.05, 3.63) is 34.9 Å². The van der Waals surface area contributed by atoms with Crippen LogP contribution in [0.15, 0.2) is 34.9 Å². The lowest BCUT2D eigenvalue weighted by Crippen LogP contribution is -2.51. The van der Waals surface area contributed by atoms with Crippen LogP contribution >= 0.6 is 15.9 Å². The summed E-state index contributed by atoms with van der Waals surface area (Å²) in [5, 5.41) is 4.37. The highest BCUT2D eigenvalue weighted by molar-refractivity contribution is 9.10. The lowest BCUT2D eigenvalue weighted by molar-refractivity contribution is -0.122. The molecular weight excluding hydrogens is 378 g/mol. The van der Waals surface area contributed by atoms with E-state index in [1.807, 2.05) is 16.8 Å². The Kier molecular flexibility index (Phi) is 5.13. The van der Waals surface area contributed by atoms with Gasteiger partial charge in [0.25, 0.3) is 0 Å². The Balaban J connectivity index is 1.36. The number of aromatic nitrogens is 1. The van der Waals surface area contributed by atoms with E-state index in [1.54, 1.807) is 0 Å². The normalized spacial score (nSPS) is 24.2. The minimum absolute atomic E-state index is 0.116. The largest absolute Gasteiger partial charge is 0.354 e. The van der Waals surface area contributed by atoms with Crippen LogP contribution in [0.3, 0.4) is 0 Å². The van der Waals surface area contributed by atoms with E-state index >= 15 is 0 Å². The SMILES string of the molecule is O=C(Cn1ccc2ccc(Br)cc21)NC[C@@H]1CCCN2CCCC[C@H]12. The number of carbonyl (C=O) groups excluding carboxylic acids is 1. The van der Waals surface area contributed by atoms with Crippen LogP contribution in [0.1, 0.15) is 32.1 Å². The van der Waals surface area contributed by atoms with Gasteiger partial charge in [0.2, 0.25) is 5.91 Å². The smallest absolute Gasteiger partial charge is 0.239 e. The van der Waals surface area contributed by atoms with Gasteiger partial charge in [-0.05, 0) is 68.3 Å². The van der Waals surface area contributed by atoms with Gasteiger partial charge in [0.15, 0.2) is 0 Å². The van der Waals surface area contributed by atoms with E-state index in [1.165, 1.54) is 50.6 Å². The first kappa shape index (κ1) is 17.1. The number of nitrogens with one attached hydrogen (secondary N) is 1. The van der Waals surface area contributed by atoms with Crippen LogP contribution in [0.2, 0.25) is 0 Å². The molecule has 0 radical (unpaired) electrons. The van der Waals surface area contributed by atoms with Gasteiger partial charge in [-0.15, -0.1) is 0 Å². The van der Waals surface area contributed by atoms with Gasteiger partial charge in [-0.25, -0.2) is 0 Å². The van der Waals surface area contributed by atoms with E-state index in [0.717, 1.165) is 16.5 Å². The van der Waals surface area contributed by atoms with Crippen molar-refractivity contribution in [2.75, 3.05) is 19.6 Å². The monoisotopic (exact) mass is 403 g/mol. The van der Waals surface area contributed by atoms with E-state index in [-0.39, 0.29) is 5.91 Å². The maximum absolute atomic E-state index is 12.5. The first-order valence-electron chi connectivity index (χ1n) is 9.46. The second-order valence-electron chi connectivity index (χ2n) is 7.45. The molecule has 0 saturated carbocycles. The van der Waals surface area contributed by atoms with Crippen LogP contribution in [-0.4, -0.2) is 41.1 Å². The predicted octanol–water partition coefficient (Wildman–Crippen LogP) is 3.78. The first-order valence-corrected chi connectivity index (χ1v) is 10.3. The van der Waals surface area contributed by atoms with Crippen molar-refractivity contribution in [2.24, 2.45) is 5.92 Å². The summed E-state index contributed by atoms with van der Waals surface area (Å²) in [4.78, 5) is 15.1. The summed E-state index contributed by atoms with van der Waals surface area (Å²) in [6.45, 7) is 3.71. The van der Waals surface area contributed by atoms with Gasteiger partial charge in [-0.2, -0.15) is 0 Å². The van der Waals surface area contributed by atoms with Crippen LogP contribution in [-0.2, 0) is 11.3 Å². The maximum Gasteiger partial charge on any atom is 0.239 e. The minimum atomic E-state index is 0.116. The summed E-state index contributed by atoms with van der Waals surface area (Å²) in [6.07, 6.45) is 8.51. The summed E-state index contributed by atoms with van der Waals surface area (Å²) < 4.78 is 3.07. The Morgan fingerprint density at radius 1 is 1.16 bits per heavy atom. The highest BCUT2D eigenvalue weighted by Crippen LogP contribution is 2.30. The zero-order valence-electron chi connectivity index (χ0n) is 14.6. The molecule has 4 nitrogen and oxygen atoms in total. The third kappa shape index (κ3) is 3.77. The molecule has 1 aromatic carbocycles. The zero-order chi connectivity index (χ0) is 17.2. The van der Waals surface area contributed by atoms with Crippen LogP contribution in [0.5, 0.6) is 0 Å². The number of carbonyl (C=O) groups is 1. The lowest BCUT2D eigenvalue weighted by atomic mass is 9.83. The number of fused-ring (bicyclic) bond motifs is 2. The number of piperidine rings is 2. The van der Waals surface area contributed by atoms with Crippen LogP contribution in [0.25, 0.3) is 10.9 Å². The molecule has 3 heterocycles.